The van der Waals surface area contributed by atoms with Crippen molar-refractivity contribution in [3.8, 4) is 0 Å². The molecule has 0 radical (unpaired) electrons. The molecule has 0 rings (SSSR count). The first-order valence-corrected chi connectivity index (χ1v) is 5.75. The summed E-state index contributed by atoms with van der Waals surface area (Å²) < 4.78 is 39.4. The zero-order valence-corrected chi connectivity index (χ0v) is 10.8. The van der Waals surface area contributed by atoms with Crippen LogP contribution in [-0.2, 0) is 14.3 Å². The van der Waals surface area contributed by atoms with Crippen molar-refractivity contribution in [2.75, 3.05) is 19.8 Å². The van der Waals surface area contributed by atoms with Crippen LogP contribution in [0.1, 0.15) is 20.3 Å². The van der Waals surface area contributed by atoms with Crippen molar-refractivity contribution in [2.24, 2.45) is 11.8 Å². The second-order valence-corrected chi connectivity index (χ2v) is 4.58. The Morgan fingerprint density at radius 2 is 1.89 bits per heavy atom. The van der Waals surface area contributed by atoms with E-state index in [1.165, 1.54) is 0 Å². The van der Waals surface area contributed by atoms with Gasteiger partial charge in [0.25, 0.3) is 0 Å². The zero-order valence-electron chi connectivity index (χ0n) is 10.8. The lowest BCUT2D eigenvalue weighted by molar-refractivity contribution is -0.175. The van der Waals surface area contributed by atoms with Crippen molar-refractivity contribution in [2.45, 2.75) is 26.4 Å². The molecular weight excluding hydrogens is 267 g/mol. The third kappa shape index (κ3) is 10.3. The quantitative estimate of drug-likeness (QED) is 0.707. The van der Waals surface area contributed by atoms with Crippen LogP contribution in [-0.4, -0.2) is 42.9 Å². The number of amides is 1. The Morgan fingerprint density at radius 3 is 2.32 bits per heavy atom. The van der Waals surface area contributed by atoms with E-state index in [1.807, 2.05) is 13.8 Å². The highest BCUT2D eigenvalue weighted by Crippen LogP contribution is 2.14. The van der Waals surface area contributed by atoms with E-state index in [4.69, 9.17) is 5.11 Å². The lowest BCUT2D eigenvalue weighted by atomic mass is 9.97. The number of carbonyl (C=O) groups excluding carboxylic acids is 1. The van der Waals surface area contributed by atoms with Crippen LogP contribution in [0.4, 0.5) is 13.2 Å². The topological polar surface area (TPSA) is 75.6 Å². The number of rotatable bonds is 8. The number of nitrogens with one attached hydrogen (secondary N) is 1. The first kappa shape index (κ1) is 17.7. The number of halogens is 3. The Kier molecular flexibility index (Phi) is 7.43. The summed E-state index contributed by atoms with van der Waals surface area (Å²) in [6.07, 6.45) is -4.11. The predicted octanol–water partition coefficient (Wildman–Crippen LogP) is 1.43. The highest BCUT2D eigenvalue weighted by molar-refractivity contribution is 5.78. The van der Waals surface area contributed by atoms with E-state index in [2.05, 4.69) is 10.1 Å². The van der Waals surface area contributed by atoms with Gasteiger partial charge in [0.05, 0.1) is 5.92 Å². The first-order chi connectivity index (χ1) is 8.61. The Bertz CT molecular complexity index is 305. The molecule has 0 aliphatic heterocycles. The summed E-state index contributed by atoms with van der Waals surface area (Å²) >= 11 is 0. The molecule has 0 bridgehead atoms. The molecular formula is C11H18F3NO4. The number of hydrogen-bond donors (Lipinski definition) is 2. The highest BCUT2D eigenvalue weighted by Gasteiger charge is 2.28. The first-order valence-electron chi connectivity index (χ1n) is 5.75. The number of carboxylic acid groups (broad SMARTS) is 1. The zero-order chi connectivity index (χ0) is 15.1. The molecule has 0 aromatic carbocycles. The minimum Gasteiger partial charge on any atom is -0.481 e. The van der Waals surface area contributed by atoms with Crippen LogP contribution < -0.4 is 5.32 Å². The Balaban J connectivity index is 3.95. The third-order valence-corrected chi connectivity index (χ3v) is 2.15. The molecule has 19 heavy (non-hydrogen) atoms. The maximum atomic E-state index is 11.7. The maximum absolute atomic E-state index is 11.7. The van der Waals surface area contributed by atoms with Crippen LogP contribution in [0.2, 0.25) is 0 Å². The van der Waals surface area contributed by atoms with E-state index >= 15 is 0 Å². The van der Waals surface area contributed by atoms with Crippen LogP contribution in [0.5, 0.6) is 0 Å². The van der Waals surface area contributed by atoms with Crippen LogP contribution in [0.3, 0.4) is 0 Å². The summed E-state index contributed by atoms with van der Waals surface area (Å²) in [5, 5.41) is 11.1. The van der Waals surface area contributed by atoms with Crippen molar-refractivity contribution < 1.29 is 32.6 Å². The summed E-state index contributed by atoms with van der Waals surface area (Å²) in [5.41, 5.74) is 0. The van der Waals surface area contributed by atoms with Crippen LogP contribution >= 0.6 is 0 Å². The van der Waals surface area contributed by atoms with E-state index < -0.39 is 37.2 Å². The summed E-state index contributed by atoms with van der Waals surface area (Å²) in [6, 6.07) is 0. The molecule has 0 saturated heterocycles. The van der Waals surface area contributed by atoms with Gasteiger partial charge < -0.3 is 15.2 Å². The summed E-state index contributed by atoms with van der Waals surface area (Å²) in [5.74, 6) is -2.43. The molecule has 0 saturated carbocycles. The predicted molar refractivity (Wildman–Crippen MR) is 60.5 cm³/mol. The minimum absolute atomic E-state index is 0.123. The normalized spacial score (nSPS) is 13.4. The van der Waals surface area contributed by atoms with Crippen molar-refractivity contribution in [1.29, 1.82) is 0 Å². The number of hydrogen-bond acceptors (Lipinski definition) is 3. The van der Waals surface area contributed by atoms with Gasteiger partial charge in [0.1, 0.15) is 13.2 Å². The van der Waals surface area contributed by atoms with Gasteiger partial charge >= 0.3 is 12.1 Å². The molecule has 0 aliphatic carbocycles. The maximum Gasteiger partial charge on any atom is 0.411 e. The van der Waals surface area contributed by atoms with Crippen molar-refractivity contribution in [3.05, 3.63) is 0 Å². The standard InChI is InChI=1S/C11H18F3NO4/c1-7(2)3-8(10(17)18)4-15-9(16)5-19-6-11(12,13)14/h7-8H,3-6H2,1-2H3,(H,15,16)(H,17,18). The van der Waals surface area contributed by atoms with Crippen LogP contribution in [0.25, 0.3) is 0 Å². The van der Waals surface area contributed by atoms with Gasteiger partial charge in [0, 0.05) is 6.54 Å². The molecule has 0 aromatic rings. The largest absolute Gasteiger partial charge is 0.481 e. The molecule has 0 aliphatic rings. The fourth-order valence-electron chi connectivity index (χ4n) is 1.39. The van der Waals surface area contributed by atoms with Gasteiger partial charge in [-0.1, -0.05) is 13.8 Å². The Hall–Kier alpha value is -1.31. The Morgan fingerprint density at radius 1 is 1.32 bits per heavy atom. The highest BCUT2D eigenvalue weighted by atomic mass is 19.4. The van der Waals surface area contributed by atoms with Gasteiger partial charge in [-0.05, 0) is 12.3 Å². The molecule has 8 heteroatoms. The fraction of sp³-hybridized carbons (Fsp3) is 0.818. The number of carbonyl (C=O) groups is 2. The summed E-state index contributed by atoms with van der Waals surface area (Å²) in [7, 11) is 0. The van der Waals surface area contributed by atoms with Crippen LogP contribution in [0, 0.1) is 11.8 Å². The monoisotopic (exact) mass is 285 g/mol. The van der Waals surface area contributed by atoms with E-state index in [9.17, 15) is 22.8 Å². The molecule has 1 unspecified atom stereocenters. The molecule has 5 nitrogen and oxygen atoms in total. The lowest BCUT2D eigenvalue weighted by Crippen LogP contribution is -2.36. The second-order valence-electron chi connectivity index (χ2n) is 4.58. The van der Waals surface area contributed by atoms with Gasteiger partial charge in [-0.25, -0.2) is 0 Å². The van der Waals surface area contributed by atoms with E-state index in [0.717, 1.165) is 0 Å². The van der Waals surface area contributed by atoms with Crippen LogP contribution in [0.15, 0.2) is 0 Å². The van der Waals surface area contributed by atoms with Crippen molar-refractivity contribution in [1.82, 2.24) is 5.32 Å². The van der Waals surface area contributed by atoms with E-state index in [0.29, 0.717) is 6.42 Å². The fourth-order valence-corrected chi connectivity index (χ4v) is 1.39. The number of carboxylic acids is 1. The lowest BCUT2D eigenvalue weighted by Gasteiger charge is -2.15. The second kappa shape index (κ2) is 7.98. The van der Waals surface area contributed by atoms with Gasteiger partial charge in [0.15, 0.2) is 0 Å². The van der Waals surface area contributed by atoms with Gasteiger partial charge in [0.2, 0.25) is 5.91 Å². The molecule has 2 N–H and O–H groups in total. The number of alkyl halides is 3. The summed E-state index contributed by atoms with van der Waals surface area (Å²) in [4.78, 5) is 22.0. The molecule has 0 fully saturated rings. The molecule has 0 heterocycles. The van der Waals surface area contributed by atoms with E-state index in [-0.39, 0.29) is 12.5 Å². The van der Waals surface area contributed by atoms with Gasteiger partial charge in [-0.2, -0.15) is 13.2 Å². The number of aliphatic carboxylic acids is 1. The third-order valence-electron chi connectivity index (χ3n) is 2.15. The van der Waals surface area contributed by atoms with E-state index in [1.54, 1.807) is 0 Å². The SMILES string of the molecule is CC(C)CC(CNC(=O)COCC(F)(F)F)C(=O)O. The average Bonchev–Trinajstić information content (AvgIpc) is 2.21. The minimum atomic E-state index is -4.48. The molecule has 0 aromatic heterocycles. The molecule has 1 atom stereocenters. The smallest absolute Gasteiger partial charge is 0.411 e. The van der Waals surface area contributed by atoms with Gasteiger partial charge in [-0.3, -0.25) is 9.59 Å². The number of ether oxygens (including phenoxy) is 1. The van der Waals surface area contributed by atoms with Crippen molar-refractivity contribution in [3.63, 3.8) is 0 Å². The average molecular weight is 285 g/mol. The van der Waals surface area contributed by atoms with Gasteiger partial charge in [-0.15, -0.1) is 0 Å². The molecule has 0 spiro atoms. The summed E-state index contributed by atoms with van der Waals surface area (Å²) in [6.45, 7) is 1.30. The Labute approximate surface area is 109 Å². The molecule has 112 valence electrons. The molecule has 1 amide bonds. The van der Waals surface area contributed by atoms with Crippen molar-refractivity contribution >= 4 is 11.9 Å².